The van der Waals surface area contributed by atoms with Gasteiger partial charge in [0, 0.05) is 37.7 Å². The van der Waals surface area contributed by atoms with Crippen molar-refractivity contribution in [3.05, 3.63) is 17.0 Å². The molecular weight excluding hydrogens is 278 g/mol. The summed E-state index contributed by atoms with van der Waals surface area (Å²) in [5, 5.41) is 7.39. The number of carbonyl (C=O) groups is 2. The van der Waals surface area contributed by atoms with Crippen LogP contribution >= 0.6 is 0 Å². The third-order valence-electron chi connectivity index (χ3n) is 5.78. The van der Waals surface area contributed by atoms with E-state index in [-0.39, 0.29) is 11.7 Å². The molecular formula is C17H25N3O2. The van der Waals surface area contributed by atoms with E-state index >= 15 is 0 Å². The van der Waals surface area contributed by atoms with Gasteiger partial charge < -0.3 is 5.32 Å². The van der Waals surface area contributed by atoms with E-state index in [9.17, 15) is 9.59 Å². The van der Waals surface area contributed by atoms with Crippen LogP contribution in [0.1, 0.15) is 61.3 Å². The second kappa shape index (κ2) is 5.52. The zero-order valence-electron chi connectivity index (χ0n) is 13.7. The molecule has 0 aromatic carbocycles. The van der Waals surface area contributed by atoms with Crippen LogP contribution in [0.3, 0.4) is 0 Å². The molecule has 1 N–H and O–H groups in total. The van der Waals surface area contributed by atoms with E-state index in [1.807, 2.05) is 7.05 Å². The van der Waals surface area contributed by atoms with E-state index in [2.05, 4.69) is 24.3 Å². The van der Waals surface area contributed by atoms with Crippen LogP contribution in [0, 0.1) is 11.3 Å². The third kappa shape index (κ3) is 2.46. The number of rotatable bonds is 5. The molecule has 0 unspecified atom stereocenters. The van der Waals surface area contributed by atoms with E-state index in [1.165, 1.54) is 19.3 Å². The van der Waals surface area contributed by atoms with Gasteiger partial charge in [0.05, 0.1) is 0 Å². The minimum absolute atomic E-state index is 0.125. The Morgan fingerprint density at radius 1 is 1.36 bits per heavy atom. The first-order valence-electron chi connectivity index (χ1n) is 8.35. The summed E-state index contributed by atoms with van der Waals surface area (Å²) >= 11 is 0. The number of hydrogen-bond acceptors (Lipinski definition) is 3. The number of nitrogens with zero attached hydrogens (tertiary/aromatic N) is 2. The molecule has 5 nitrogen and oxygen atoms in total. The largest absolute Gasteiger partial charge is 0.350 e. The summed E-state index contributed by atoms with van der Waals surface area (Å²) in [6, 6.07) is 0. The van der Waals surface area contributed by atoms with Gasteiger partial charge in [0.1, 0.15) is 5.78 Å². The number of Topliss-reactive ketones (excluding diaryl/α,β-unsaturated/α-hetero) is 1. The fraction of sp³-hybridized carbons (Fsp3) is 0.706. The number of amides is 1. The van der Waals surface area contributed by atoms with Gasteiger partial charge in [-0.2, -0.15) is 5.10 Å². The van der Waals surface area contributed by atoms with Gasteiger partial charge >= 0.3 is 0 Å². The van der Waals surface area contributed by atoms with Gasteiger partial charge in [-0.1, -0.05) is 26.7 Å². The van der Waals surface area contributed by atoms with Crippen molar-refractivity contribution in [1.29, 1.82) is 0 Å². The topological polar surface area (TPSA) is 64.0 Å². The summed E-state index contributed by atoms with van der Waals surface area (Å²) in [6.45, 7) is 5.18. The van der Waals surface area contributed by atoms with Gasteiger partial charge in [-0.05, 0) is 24.2 Å². The molecule has 1 atom stereocenters. The fourth-order valence-electron chi connectivity index (χ4n) is 3.96. The molecule has 0 aliphatic heterocycles. The number of nitrogens with one attached hydrogen (secondary N) is 1. The Morgan fingerprint density at radius 3 is 2.73 bits per heavy atom. The molecule has 0 spiro atoms. The molecule has 1 aromatic heterocycles. The molecule has 3 rings (SSSR count). The van der Waals surface area contributed by atoms with E-state index in [0.29, 0.717) is 36.3 Å². The molecule has 0 radical (unpaired) electrons. The monoisotopic (exact) mass is 303 g/mol. The molecule has 2 aliphatic carbocycles. The molecule has 1 aromatic rings. The molecule has 1 saturated carbocycles. The molecule has 1 amide bonds. The SMILES string of the molecule is CCC1(CC)C[C@H]1CNC(=O)c1nn(C)c2c1CC(=O)CC2. The summed E-state index contributed by atoms with van der Waals surface area (Å²) in [7, 11) is 1.85. The summed E-state index contributed by atoms with van der Waals surface area (Å²) < 4.78 is 1.76. The second-order valence-electron chi connectivity index (χ2n) is 6.79. The van der Waals surface area contributed by atoms with Crippen LogP contribution in [0.4, 0.5) is 0 Å². The standard InChI is InChI=1S/C17H25N3O2/c1-4-17(5-2)9-11(17)10-18-16(22)15-13-8-12(21)6-7-14(13)20(3)19-15/h11H,4-10H2,1-3H3,(H,18,22)/t11-/m0/s1. The minimum Gasteiger partial charge on any atom is -0.350 e. The van der Waals surface area contributed by atoms with Crippen molar-refractivity contribution < 1.29 is 9.59 Å². The zero-order valence-corrected chi connectivity index (χ0v) is 13.7. The molecule has 0 saturated heterocycles. The Labute approximate surface area is 131 Å². The van der Waals surface area contributed by atoms with Gasteiger partial charge in [0.15, 0.2) is 5.69 Å². The Kier molecular flexibility index (Phi) is 3.83. The first kappa shape index (κ1) is 15.3. The summed E-state index contributed by atoms with van der Waals surface area (Å²) in [5.41, 5.74) is 2.76. The summed E-state index contributed by atoms with van der Waals surface area (Å²) in [5.74, 6) is 0.667. The lowest BCUT2D eigenvalue weighted by molar-refractivity contribution is -0.118. The van der Waals surface area contributed by atoms with Crippen LogP contribution in [-0.4, -0.2) is 28.0 Å². The van der Waals surface area contributed by atoms with Crippen molar-refractivity contribution in [2.45, 2.75) is 52.4 Å². The van der Waals surface area contributed by atoms with Crippen molar-refractivity contribution in [3.8, 4) is 0 Å². The highest BCUT2D eigenvalue weighted by molar-refractivity contribution is 5.96. The normalized spacial score (nSPS) is 22.3. The number of ketones is 1. The lowest BCUT2D eigenvalue weighted by Crippen LogP contribution is -2.29. The van der Waals surface area contributed by atoms with Crippen molar-refractivity contribution in [1.82, 2.24) is 15.1 Å². The van der Waals surface area contributed by atoms with Crippen LogP contribution in [-0.2, 0) is 24.7 Å². The van der Waals surface area contributed by atoms with E-state index < -0.39 is 0 Å². The van der Waals surface area contributed by atoms with Gasteiger partial charge in [-0.15, -0.1) is 0 Å². The Morgan fingerprint density at radius 2 is 2.09 bits per heavy atom. The maximum Gasteiger partial charge on any atom is 0.272 e. The number of aromatic nitrogens is 2. The molecule has 1 heterocycles. The van der Waals surface area contributed by atoms with Crippen LogP contribution in [0.25, 0.3) is 0 Å². The Hall–Kier alpha value is -1.65. The highest BCUT2D eigenvalue weighted by Crippen LogP contribution is 2.57. The van der Waals surface area contributed by atoms with Crippen molar-refractivity contribution in [2.75, 3.05) is 6.54 Å². The molecule has 2 aliphatic rings. The summed E-state index contributed by atoms with van der Waals surface area (Å²) in [6.07, 6.45) is 5.17. The summed E-state index contributed by atoms with van der Waals surface area (Å²) in [4.78, 5) is 24.1. The highest BCUT2D eigenvalue weighted by Gasteiger charge is 2.50. The lowest BCUT2D eigenvalue weighted by atomic mass is 9.94. The quantitative estimate of drug-likeness (QED) is 0.905. The maximum atomic E-state index is 12.5. The number of hydrogen-bond donors (Lipinski definition) is 1. The molecule has 22 heavy (non-hydrogen) atoms. The van der Waals surface area contributed by atoms with Crippen LogP contribution in [0.2, 0.25) is 0 Å². The first-order valence-corrected chi connectivity index (χ1v) is 8.35. The Bertz CT molecular complexity index is 614. The zero-order chi connectivity index (χ0) is 15.9. The van der Waals surface area contributed by atoms with Crippen molar-refractivity contribution in [2.24, 2.45) is 18.4 Å². The van der Waals surface area contributed by atoms with Gasteiger partial charge in [-0.25, -0.2) is 0 Å². The first-order chi connectivity index (χ1) is 10.5. The van der Waals surface area contributed by atoms with Crippen molar-refractivity contribution >= 4 is 11.7 Å². The van der Waals surface area contributed by atoms with Gasteiger partial charge in [-0.3, -0.25) is 14.3 Å². The maximum absolute atomic E-state index is 12.5. The minimum atomic E-state index is -0.125. The average Bonchev–Trinajstić information content (AvgIpc) is 3.14. The fourth-order valence-corrected chi connectivity index (χ4v) is 3.96. The van der Waals surface area contributed by atoms with E-state index in [4.69, 9.17) is 0 Å². The van der Waals surface area contributed by atoms with Gasteiger partial charge in [0.2, 0.25) is 0 Å². The molecule has 1 fully saturated rings. The second-order valence-corrected chi connectivity index (χ2v) is 6.79. The number of aryl methyl sites for hydroxylation is 1. The van der Waals surface area contributed by atoms with Crippen molar-refractivity contribution in [3.63, 3.8) is 0 Å². The third-order valence-corrected chi connectivity index (χ3v) is 5.78. The average molecular weight is 303 g/mol. The molecule has 120 valence electrons. The van der Waals surface area contributed by atoms with Crippen LogP contribution in [0.15, 0.2) is 0 Å². The highest BCUT2D eigenvalue weighted by atomic mass is 16.2. The lowest BCUT2D eigenvalue weighted by Gasteiger charge is -2.13. The van der Waals surface area contributed by atoms with Crippen LogP contribution < -0.4 is 5.32 Å². The molecule has 0 bridgehead atoms. The van der Waals surface area contributed by atoms with E-state index in [1.54, 1.807) is 4.68 Å². The van der Waals surface area contributed by atoms with Crippen LogP contribution in [0.5, 0.6) is 0 Å². The predicted molar refractivity (Wildman–Crippen MR) is 83.7 cm³/mol. The number of carbonyl (C=O) groups excluding carboxylic acids is 2. The molecule has 5 heteroatoms. The van der Waals surface area contributed by atoms with Gasteiger partial charge in [0.25, 0.3) is 5.91 Å². The van der Waals surface area contributed by atoms with E-state index in [0.717, 1.165) is 17.8 Å². The Balaban J connectivity index is 1.68. The number of fused-ring (bicyclic) bond motifs is 1. The smallest absolute Gasteiger partial charge is 0.272 e. The predicted octanol–water partition coefficient (Wildman–Crippen LogP) is 2.03.